The van der Waals surface area contributed by atoms with Gasteiger partial charge in [0, 0.05) is 25.9 Å². The van der Waals surface area contributed by atoms with Crippen LogP contribution in [0.25, 0.3) is 0 Å². The number of benzene rings is 1. The van der Waals surface area contributed by atoms with Gasteiger partial charge in [-0.15, -0.1) is 0 Å². The molecule has 1 fully saturated rings. The first-order valence-electron chi connectivity index (χ1n) is 9.10. The second kappa shape index (κ2) is 11.1. The molecule has 2 amide bonds. The molecule has 0 spiro atoms. The average molecular weight is 349 g/mol. The number of nitrogens with zero attached hydrogens (tertiary/aromatic N) is 1. The van der Waals surface area contributed by atoms with Crippen molar-refractivity contribution in [3.8, 4) is 0 Å². The maximum atomic E-state index is 12.1. The van der Waals surface area contributed by atoms with Crippen LogP contribution in [0.5, 0.6) is 0 Å². The molecule has 0 aromatic heterocycles. The third kappa shape index (κ3) is 7.86. The van der Waals surface area contributed by atoms with Crippen LogP contribution >= 0.6 is 0 Å². The average Bonchev–Trinajstić information content (AvgIpc) is 3.10. The van der Waals surface area contributed by atoms with Gasteiger partial charge in [0.15, 0.2) is 0 Å². The molecule has 1 aromatic rings. The number of rotatable bonds is 10. The number of hydrogen-bond donors (Lipinski definition) is 2. The Labute approximate surface area is 150 Å². The van der Waals surface area contributed by atoms with Gasteiger partial charge in [-0.3, -0.25) is 0 Å². The first-order valence-corrected chi connectivity index (χ1v) is 9.10. The number of carbonyl (C=O) groups is 1. The second-order valence-electron chi connectivity index (χ2n) is 6.69. The van der Waals surface area contributed by atoms with Gasteiger partial charge in [0.2, 0.25) is 0 Å². The van der Waals surface area contributed by atoms with E-state index in [2.05, 4.69) is 22.5 Å². The SMILES string of the molecule is COCCOCc1cccc(NC(=O)NCC(C)CN2CCCC2)c1. The Morgan fingerprint density at radius 3 is 2.84 bits per heavy atom. The minimum atomic E-state index is -0.161. The molecular weight excluding hydrogens is 318 g/mol. The first kappa shape index (κ1) is 19.7. The van der Waals surface area contributed by atoms with Crippen LogP contribution < -0.4 is 10.6 Å². The zero-order valence-electron chi connectivity index (χ0n) is 15.4. The van der Waals surface area contributed by atoms with Gasteiger partial charge in [0.1, 0.15) is 0 Å². The van der Waals surface area contributed by atoms with Gasteiger partial charge in [-0.1, -0.05) is 19.1 Å². The van der Waals surface area contributed by atoms with Crippen molar-refractivity contribution >= 4 is 11.7 Å². The van der Waals surface area contributed by atoms with Gasteiger partial charge in [0.05, 0.1) is 19.8 Å². The van der Waals surface area contributed by atoms with Crippen molar-refractivity contribution in [2.24, 2.45) is 5.92 Å². The van der Waals surface area contributed by atoms with E-state index in [4.69, 9.17) is 9.47 Å². The highest BCUT2D eigenvalue weighted by Crippen LogP contribution is 2.12. The highest BCUT2D eigenvalue weighted by molar-refractivity contribution is 5.89. The van der Waals surface area contributed by atoms with E-state index in [1.165, 1.54) is 25.9 Å². The molecule has 0 radical (unpaired) electrons. The van der Waals surface area contributed by atoms with E-state index in [0.717, 1.165) is 17.8 Å². The Balaban J connectivity index is 1.68. The Hall–Kier alpha value is -1.63. The van der Waals surface area contributed by atoms with Gasteiger partial charge in [-0.2, -0.15) is 0 Å². The molecule has 0 bridgehead atoms. The normalized spacial score (nSPS) is 15.9. The van der Waals surface area contributed by atoms with E-state index in [1.807, 2.05) is 24.3 Å². The summed E-state index contributed by atoms with van der Waals surface area (Å²) >= 11 is 0. The zero-order valence-corrected chi connectivity index (χ0v) is 15.4. The van der Waals surface area contributed by atoms with E-state index in [-0.39, 0.29) is 6.03 Å². The van der Waals surface area contributed by atoms with E-state index in [1.54, 1.807) is 7.11 Å². The molecule has 1 heterocycles. The molecule has 6 nitrogen and oxygen atoms in total. The van der Waals surface area contributed by atoms with Crippen molar-refractivity contribution in [1.82, 2.24) is 10.2 Å². The van der Waals surface area contributed by atoms with Gasteiger partial charge >= 0.3 is 6.03 Å². The molecular formula is C19H31N3O3. The summed E-state index contributed by atoms with van der Waals surface area (Å²) in [5, 5.41) is 5.85. The fourth-order valence-corrected chi connectivity index (χ4v) is 2.98. The highest BCUT2D eigenvalue weighted by atomic mass is 16.5. The number of carbonyl (C=O) groups excluding carboxylic acids is 1. The number of hydrogen-bond acceptors (Lipinski definition) is 4. The Morgan fingerprint density at radius 1 is 1.28 bits per heavy atom. The molecule has 0 saturated carbocycles. The summed E-state index contributed by atoms with van der Waals surface area (Å²) in [5.41, 5.74) is 1.80. The molecule has 25 heavy (non-hydrogen) atoms. The highest BCUT2D eigenvalue weighted by Gasteiger charge is 2.15. The van der Waals surface area contributed by atoms with E-state index >= 15 is 0 Å². The van der Waals surface area contributed by atoms with Crippen LogP contribution in [0.2, 0.25) is 0 Å². The molecule has 1 aromatic carbocycles. The smallest absolute Gasteiger partial charge is 0.319 e. The van der Waals surface area contributed by atoms with Crippen LogP contribution in [0.4, 0.5) is 10.5 Å². The molecule has 2 rings (SSSR count). The third-order valence-corrected chi connectivity index (χ3v) is 4.27. The van der Waals surface area contributed by atoms with Crippen LogP contribution in [0.3, 0.4) is 0 Å². The fraction of sp³-hybridized carbons (Fsp3) is 0.632. The number of amides is 2. The van der Waals surface area contributed by atoms with E-state index in [9.17, 15) is 4.79 Å². The molecule has 1 atom stereocenters. The lowest BCUT2D eigenvalue weighted by molar-refractivity contribution is 0.0617. The molecule has 1 aliphatic heterocycles. The fourth-order valence-electron chi connectivity index (χ4n) is 2.98. The van der Waals surface area contributed by atoms with Crippen molar-refractivity contribution in [3.63, 3.8) is 0 Å². The summed E-state index contributed by atoms with van der Waals surface area (Å²) in [6.45, 7) is 7.94. The summed E-state index contributed by atoms with van der Waals surface area (Å²) in [4.78, 5) is 14.6. The van der Waals surface area contributed by atoms with Crippen molar-refractivity contribution < 1.29 is 14.3 Å². The molecule has 1 saturated heterocycles. The predicted octanol–water partition coefficient (Wildman–Crippen LogP) is 2.70. The predicted molar refractivity (Wildman–Crippen MR) is 99.8 cm³/mol. The number of ether oxygens (including phenoxy) is 2. The topological polar surface area (TPSA) is 62.8 Å². The van der Waals surface area contributed by atoms with Gasteiger partial charge in [0.25, 0.3) is 0 Å². The van der Waals surface area contributed by atoms with Crippen LogP contribution in [-0.4, -0.2) is 57.4 Å². The van der Waals surface area contributed by atoms with Crippen molar-refractivity contribution in [3.05, 3.63) is 29.8 Å². The number of nitrogens with one attached hydrogen (secondary N) is 2. The number of anilines is 1. The Bertz CT molecular complexity index is 518. The zero-order chi connectivity index (χ0) is 17.9. The number of likely N-dealkylation sites (tertiary alicyclic amines) is 1. The lowest BCUT2D eigenvalue weighted by Gasteiger charge is -2.20. The number of methoxy groups -OCH3 is 1. The summed E-state index contributed by atoms with van der Waals surface area (Å²) < 4.78 is 10.5. The summed E-state index contributed by atoms with van der Waals surface area (Å²) in [5.74, 6) is 0.448. The summed E-state index contributed by atoms with van der Waals surface area (Å²) in [7, 11) is 1.65. The minimum absolute atomic E-state index is 0.161. The molecule has 1 unspecified atom stereocenters. The summed E-state index contributed by atoms with van der Waals surface area (Å²) in [6, 6.07) is 7.55. The van der Waals surface area contributed by atoms with E-state index in [0.29, 0.717) is 32.3 Å². The Kier molecular flexibility index (Phi) is 8.72. The first-order chi connectivity index (χ1) is 12.2. The standard InChI is InChI=1S/C19H31N3O3/c1-16(14-22-8-3-4-9-22)13-20-19(23)21-18-7-5-6-17(12-18)15-25-11-10-24-2/h5-7,12,16H,3-4,8-11,13-15H2,1-2H3,(H2,20,21,23). The monoisotopic (exact) mass is 349 g/mol. The van der Waals surface area contributed by atoms with Crippen molar-refractivity contribution in [2.75, 3.05) is 51.8 Å². The van der Waals surface area contributed by atoms with Crippen LogP contribution in [0.1, 0.15) is 25.3 Å². The minimum Gasteiger partial charge on any atom is -0.382 e. The lowest BCUT2D eigenvalue weighted by atomic mass is 10.1. The largest absolute Gasteiger partial charge is 0.382 e. The van der Waals surface area contributed by atoms with Crippen molar-refractivity contribution in [2.45, 2.75) is 26.4 Å². The summed E-state index contributed by atoms with van der Waals surface area (Å²) in [6.07, 6.45) is 2.60. The maximum absolute atomic E-state index is 12.1. The third-order valence-electron chi connectivity index (χ3n) is 4.27. The molecule has 6 heteroatoms. The number of urea groups is 1. The molecule has 140 valence electrons. The van der Waals surface area contributed by atoms with Gasteiger partial charge in [-0.05, 0) is 49.5 Å². The van der Waals surface area contributed by atoms with Gasteiger partial charge in [-0.25, -0.2) is 4.79 Å². The molecule has 0 aliphatic carbocycles. The molecule has 2 N–H and O–H groups in total. The van der Waals surface area contributed by atoms with E-state index < -0.39 is 0 Å². The quantitative estimate of drug-likeness (QED) is 0.638. The maximum Gasteiger partial charge on any atom is 0.319 e. The van der Waals surface area contributed by atoms with Crippen LogP contribution in [0.15, 0.2) is 24.3 Å². The molecule has 1 aliphatic rings. The second-order valence-corrected chi connectivity index (χ2v) is 6.69. The van der Waals surface area contributed by atoms with Crippen LogP contribution in [-0.2, 0) is 16.1 Å². The van der Waals surface area contributed by atoms with Crippen molar-refractivity contribution in [1.29, 1.82) is 0 Å². The lowest BCUT2D eigenvalue weighted by Crippen LogP contribution is -2.36. The Morgan fingerprint density at radius 2 is 2.08 bits per heavy atom. The van der Waals surface area contributed by atoms with Gasteiger partial charge < -0.3 is 25.0 Å². The van der Waals surface area contributed by atoms with Crippen LogP contribution in [0, 0.1) is 5.92 Å².